The smallest absolute Gasteiger partial charge is 0.144 e. The number of fused-ring (bicyclic) bond motifs is 1. The molecule has 0 saturated carbocycles. The second-order valence-electron chi connectivity index (χ2n) is 2.62. The first-order valence-electron chi connectivity index (χ1n) is 3.85. The van der Waals surface area contributed by atoms with E-state index in [4.69, 9.17) is 4.52 Å². The summed E-state index contributed by atoms with van der Waals surface area (Å²) in [5.41, 5.74) is 0.926. The Bertz CT molecular complexity index is 408. The van der Waals surface area contributed by atoms with Gasteiger partial charge >= 0.3 is 0 Å². The van der Waals surface area contributed by atoms with Crippen molar-refractivity contribution in [1.82, 2.24) is 5.16 Å². The van der Waals surface area contributed by atoms with Crippen LogP contribution in [0.25, 0.3) is 10.9 Å². The number of nitrogens with zero attached hydrogens (tertiary/aromatic N) is 1. The summed E-state index contributed by atoms with van der Waals surface area (Å²) < 4.78 is 6.21. The van der Waals surface area contributed by atoms with Crippen molar-refractivity contribution in [2.75, 3.05) is 0 Å². The van der Waals surface area contributed by atoms with Crippen molar-refractivity contribution in [1.29, 1.82) is 0 Å². The van der Waals surface area contributed by atoms with E-state index < -0.39 is 0 Å². The zero-order valence-electron chi connectivity index (χ0n) is 6.67. The summed E-state index contributed by atoms with van der Waals surface area (Å²) in [7, 11) is 0. The van der Waals surface area contributed by atoms with E-state index in [-0.39, 0.29) is 0 Å². The average Bonchev–Trinajstić information content (AvgIpc) is 2.46. The fraction of sp³-hybridized carbons (Fsp3) is 0.222. The largest absolute Gasteiger partial charge is 0.360 e. The third-order valence-electron chi connectivity index (χ3n) is 1.83. The molecule has 0 amide bonds. The molecule has 0 fully saturated rings. The second kappa shape index (κ2) is 2.90. The molecule has 0 aliphatic carbocycles. The zero-order chi connectivity index (χ0) is 8.55. The third-order valence-corrected chi connectivity index (χ3v) is 2.33. The van der Waals surface area contributed by atoms with Gasteiger partial charge < -0.3 is 4.52 Å². The lowest BCUT2D eigenvalue weighted by Crippen LogP contribution is -1.74. The van der Waals surface area contributed by atoms with E-state index in [1.165, 1.54) is 0 Å². The zero-order valence-corrected chi connectivity index (χ0v) is 8.26. The highest BCUT2D eigenvalue weighted by molar-refractivity contribution is 9.10. The van der Waals surface area contributed by atoms with Crippen LogP contribution < -0.4 is 0 Å². The van der Waals surface area contributed by atoms with Gasteiger partial charge in [-0.25, -0.2) is 0 Å². The predicted molar refractivity (Wildman–Crippen MR) is 51.1 cm³/mol. The fourth-order valence-electron chi connectivity index (χ4n) is 1.22. The van der Waals surface area contributed by atoms with Gasteiger partial charge in [-0.1, -0.05) is 28.0 Å². The molecule has 0 bridgehead atoms. The van der Waals surface area contributed by atoms with Gasteiger partial charge in [0.15, 0.2) is 0 Å². The molecule has 0 unspecified atom stereocenters. The van der Waals surface area contributed by atoms with E-state index in [2.05, 4.69) is 28.0 Å². The summed E-state index contributed by atoms with van der Waals surface area (Å²) in [5, 5.41) is 5.04. The van der Waals surface area contributed by atoms with Crippen LogP contribution in [0.1, 0.15) is 12.7 Å². The average molecular weight is 226 g/mol. The molecular formula is C9H8BrNO. The Morgan fingerprint density at radius 1 is 1.50 bits per heavy atom. The number of aromatic nitrogens is 1. The molecule has 0 saturated heterocycles. The van der Waals surface area contributed by atoms with Crippen molar-refractivity contribution < 1.29 is 4.52 Å². The molecule has 0 aliphatic heterocycles. The predicted octanol–water partition coefficient (Wildman–Crippen LogP) is 3.15. The first-order chi connectivity index (χ1) is 5.81. The molecule has 2 nitrogen and oxygen atoms in total. The highest BCUT2D eigenvalue weighted by Gasteiger charge is 2.05. The molecule has 1 heterocycles. The van der Waals surface area contributed by atoms with Crippen LogP contribution in [0.15, 0.2) is 27.2 Å². The molecule has 0 aliphatic rings. The van der Waals surface area contributed by atoms with E-state index in [1.807, 2.05) is 18.2 Å². The van der Waals surface area contributed by atoms with Gasteiger partial charge in [0.2, 0.25) is 0 Å². The maximum absolute atomic E-state index is 5.15. The fourth-order valence-corrected chi connectivity index (χ4v) is 1.58. The number of benzene rings is 1. The highest BCUT2D eigenvalue weighted by Crippen LogP contribution is 2.22. The van der Waals surface area contributed by atoms with Gasteiger partial charge in [0.05, 0.1) is 0 Å². The van der Waals surface area contributed by atoms with Crippen LogP contribution in [0.4, 0.5) is 0 Å². The van der Waals surface area contributed by atoms with E-state index in [1.54, 1.807) is 0 Å². The van der Waals surface area contributed by atoms with Gasteiger partial charge in [-0.05, 0) is 18.2 Å². The Labute approximate surface area is 78.7 Å². The Hall–Kier alpha value is -0.830. The van der Waals surface area contributed by atoms with E-state index in [9.17, 15) is 0 Å². The molecule has 1 aromatic carbocycles. The molecule has 1 aromatic heterocycles. The van der Waals surface area contributed by atoms with Crippen molar-refractivity contribution in [3.63, 3.8) is 0 Å². The van der Waals surface area contributed by atoms with Crippen molar-refractivity contribution in [2.45, 2.75) is 13.3 Å². The van der Waals surface area contributed by atoms with Crippen molar-refractivity contribution >= 4 is 26.8 Å². The monoisotopic (exact) mass is 225 g/mol. The van der Waals surface area contributed by atoms with Crippen molar-refractivity contribution in [3.05, 3.63) is 28.4 Å². The molecule has 0 spiro atoms. The van der Waals surface area contributed by atoms with Crippen LogP contribution >= 0.6 is 15.9 Å². The van der Waals surface area contributed by atoms with Gasteiger partial charge in [0.1, 0.15) is 11.3 Å². The maximum atomic E-state index is 5.15. The maximum Gasteiger partial charge on any atom is 0.144 e. The minimum absolute atomic E-state index is 0.882. The molecule has 3 heteroatoms. The van der Waals surface area contributed by atoms with E-state index in [0.717, 1.165) is 27.6 Å². The Balaban J connectivity index is 2.75. The summed E-state index contributed by atoms with van der Waals surface area (Å²) in [6.07, 6.45) is 0.882. The Morgan fingerprint density at radius 3 is 3.08 bits per heavy atom. The van der Waals surface area contributed by atoms with Gasteiger partial charge in [0, 0.05) is 16.3 Å². The first kappa shape index (κ1) is 7.80. The number of rotatable bonds is 1. The molecule has 0 radical (unpaired) electrons. The number of hydrogen-bond acceptors (Lipinski definition) is 2. The lowest BCUT2D eigenvalue weighted by atomic mass is 10.2. The van der Waals surface area contributed by atoms with Gasteiger partial charge in [-0.3, -0.25) is 0 Å². The van der Waals surface area contributed by atoms with Gasteiger partial charge in [0.25, 0.3) is 0 Å². The summed E-state index contributed by atoms with van der Waals surface area (Å²) in [5.74, 6) is 0.950. The quantitative estimate of drug-likeness (QED) is 0.746. The van der Waals surface area contributed by atoms with Crippen LogP contribution in [0.5, 0.6) is 0 Å². The van der Waals surface area contributed by atoms with Gasteiger partial charge in [-0.15, -0.1) is 0 Å². The van der Waals surface area contributed by atoms with Crippen LogP contribution in [0.2, 0.25) is 0 Å². The lowest BCUT2D eigenvalue weighted by Gasteiger charge is -1.90. The Morgan fingerprint density at radius 2 is 2.33 bits per heavy atom. The topological polar surface area (TPSA) is 26.0 Å². The molecule has 62 valence electrons. The molecular weight excluding hydrogens is 218 g/mol. The number of hydrogen-bond donors (Lipinski definition) is 0. The van der Waals surface area contributed by atoms with Crippen LogP contribution in [-0.2, 0) is 6.42 Å². The van der Waals surface area contributed by atoms with E-state index in [0.29, 0.717) is 0 Å². The minimum Gasteiger partial charge on any atom is -0.360 e. The second-order valence-corrected chi connectivity index (χ2v) is 3.54. The third kappa shape index (κ3) is 1.14. The summed E-state index contributed by atoms with van der Waals surface area (Å²) in [6.45, 7) is 2.06. The summed E-state index contributed by atoms with van der Waals surface area (Å²) in [4.78, 5) is 0. The van der Waals surface area contributed by atoms with E-state index >= 15 is 0 Å². The van der Waals surface area contributed by atoms with Crippen LogP contribution in [-0.4, -0.2) is 5.16 Å². The normalized spacial score (nSPS) is 10.8. The van der Waals surface area contributed by atoms with Crippen molar-refractivity contribution in [3.8, 4) is 0 Å². The molecule has 12 heavy (non-hydrogen) atoms. The lowest BCUT2D eigenvalue weighted by molar-refractivity contribution is 0.395. The van der Waals surface area contributed by atoms with Crippen molar-refractivity contribution in [2.24, 2.45) is 0 Å². The minimum atomic E-state index is 0.882. The highest BCUT2D eigenvalue weighted by atomic mass is 79.9. The Kier molecular flexibility index (Phi) is 1.89. The molecule has 2 rings (SSSR count). The SMILES string of the molecule is CCc1onc2ccc(Br)cc12. The summed E-state index contributed by atoms with van der Waals surface area (Å²) >= 11 is 3.41. The van der Waals surface area contributed by atoms with Gasteiger partial charge in [-0.2, -0.15) is 0 Å². The number of halogens is 1. The van der Waals surface area contributed by atoms with Crippen LogP contribution in [0, 0.1) is 0 Å². The number of aryl methyl sites for hydroxylation is 1. The molecule has 2 aromatic rings. The standard InChI is InChI=1S/C9H8BrNO/c1-2-9-7-5-6(10)3-4-8(7)11-12-9/h3-5H,2H2,1H3. The van der Waals surface area contributed by atoms with Crippen LogP contribution in [0.3, 0.4) is 0 Å². The molecule has 0 N–H and O–H groups in total. The first-order valence-corrected chi connectivity index (χ1v) is 4.64. The summed E-state index contributed by atoms with van der Waals surface area (Å²) in [6, 6.07) is 5.94. The molecule has 0 atom stereocenters.